The number of aryl methyl sites for hydroxylation is 1. The van der Waals surface area contributed by atoms with Crippen molar-refractivity contribution in [1.82, 2.24) is 14.5 Å². The normalized spacial score (nSPS) is 12.3. The third-order valence-electron chi connectivity index (χ3n) is 2.20. The number of H-pyrrole nitrogens is 1. The summed E-state index contributed by atoms with van der Waals surface area (Å²) in [5.74, 6) is 0.0798. The van der Waals surface area contributed by atoms with Gasteiger partial charge in [0.05, 0.1) is 17.3 Å². The van der Waals surface area contributed by atoms with E-state index in [1.165, 1.54) is 11.4 Å². The van der Waals surface area contributed by atoms with Crippen molar-refractivity contribution in [2.45, 2.75) is 24.6 Å². The third kappa shape index (κ3) is 2.16. The Morgan fingerprint density at radius 1 is 1.53 bits per heavy atom. The van der Waals surface area contributed by atoms with Gasteiger partial charge in [-0.05, 0) is 6.92 Å². The van der Waals surface area contributed by atoms with E-state index in [4.69, 9.17) is 11.6 Å². The molecule has 1 heterocycles. The molecule has 5 nitrogen and oxygen atoms in total. The van der Waals surface area contributed by atoms with E-state index in [9.17, 15) is 8.42 Å². The Morgan fingerprint density at radius 2 is 2.13 bits per heavy atom. The molecule has 0 radical (unpaired) electrons. The summed E-state index contributed by atoms with van der Waals surface area (Å²) in [4.78, 5) is 0.196. The van der Waals surface area contributed by atoms with E-state index >= 15 is 0 Å². The number of sulfonamides is 1. The molecule has 0 aromatic carbocycles. The topological polar surface area (TPSA) is 66.1 Å². The second kappa shape index (κ2) is 4.51. The summed E-state index contributed by atoms with van der Waals surface area (Å²) in [6, 6.07) is 0. The number of aromatic nitrogens is 2. The molecule has 1 rings (SSSR count). The van der Waals surface area contributed by atoms with Crippen LogP contribution in [0, 0.1) is 6.92 Å². The number of aromatic amines is 1. The molecule has 1 aromatic rings. The van der Waals surface area contributed by atoms with Crippen LogP contribution in [-0.2, 0) is 15.9 Å². The molecule has 0 aliphatic heterocycles. The Bertz CT molecular complexity index is 441. The van der Waals surface area contributed by atoms with E-state index in [2.05, 4.69) is 10.2 Å². The maximum absolute atomic E-state index is 12.0. The molecule has 0 aliphatic rings. The van der Waals surface area contributed by atoms with Crippen LogP contribution in [0.4, 0.5) is 0 Å². The van der Waals surface area contributed by atoms with Gasteiger partial charge in [0.25, 0.3) is 0 Å². The number of nitrogens with one attached hydrogen (secondary N) is 1. The quantitative estimate of drug-likeness (QED) is 0.815. The summed E-state index contributed by atoms with van der Waals surface area (Å²) < 4.78 is 25.3. The molecule has 0 bridgehead atoms. The molecular formula is C8H14ClN3O2S. The lowest BCUT2D eigenvalue weighted by molar-refractivity contribution is 0.485. The maximum atomic E-state index is 12.0. The molecular weight excluding hydrogens is 238 g/mol. The lowest BCUT2D eigenvalue weighted by atomic mass is 10.4. The molecule has 0 saturated carbocycles. The highest BCUT2D eigenvalue weighted by Gasteiger charge is 2.27. The van der Waals surface area contributed by atoms with Crippen molar-refractivity contribution in [3.63, 3.8) is 0 Å². The van der Waals surface area contributed by atoms with Crippen LogP contribution in [0.2, 0.25) is 0 Å². The van der Waals surface area contributed by atoms with Crippen LogP contribution < -0.4 is 0 Å². The lowest BCUT2D eigenvalue weighted by Crippen LogP contribution is -2.27. The fourth-order valence-corrected chi connectivity index (χ4v) is 3.00. The summed E-state index contributed by atoms with van der Waals surface area (Å²) in [7, 11) is -1.94. The van der Waals surface area contributed by atoms with E-state index in [-0.39, 0.29) is 10.8 Å². The van der Waals surface area contributed by atoms with E-state index in [0.717, 1.165) is 0 Å². The fourth-order valence-electron chi connectivity index (χ4n) is 1.23. The summed E-state index contributed by atoms with van der Waals surface area (Å²) in [5, 5.41) is 6.49. The van der Waals surface area contributed by atoms with Crippen LogP contribution in [0.1, 0.15) is 18.3 Å². The number of hydrogen-bond donors (Lipinski definition) is 1. The zero-order valence-corrected chi connectivity index (χ0v) is 10.5. The second-order valence-corrected chi connectivity index (χ2v) is 5.43. The maximum Gasteiger partial charge on any atom is 0.246 e. The van der Waals surface area contributed by atoms with Gasteiger partial charge in [-0.1, -0.05) is 6.92 Å². The van der Waals surface area contributed by atoms with E-state index in [1.54, 1.807) is 13.8 Å². The van der Waals surface area contributed by atoms with Crippen LogP contribution in [0.25, 0.3) is 0 Å². The number of hydrogen-bond acceptors (Lipinski definition) is 3. The van der Waals surface area contributed by atoms with Crippen LogP contribution >= 0.6 is 11.6 Å². The Morgan fingerprint density at radius 3 is 2.60 bits per heavy atom. The first-order chi connectivity index (χ1) is 6.95. The minimum absolute atomic E-state index is 0.0798. The van der Waals surface area contributed by atoms with Crippen molar-refractivity contribution in [3.05, 3.63) is 11.4 Å². The van der Waals surface area contributed by atoms with Crippen molar-refractivity contribution in [2.75, 3.05) is 13.6 Å². The summed E-state index contributed by atoms with van der Waals surface area (Å²) >= 11 is 5.63. The Labute approximate surface area is 94.5 Å². The number of alkyl halides is 1. The average Bonchev–Trinajstić information content (AvgIpc) is 2.58. The fraction of sp³-hybridized carbons (Fsp3) is 0.625. The number of nitrogens with zero attached hydrogens (tertiary/aromatic N) is 2. The van der Waals surface area contributed by atoms with Crippen LogP contribution in [0.15, 0.2) is 4.90 Å². The molecule has 0 spiro atoms. The first kappa shape index (κ1) is 12.5. The van der Waals surface area contributed by atoms with Crippen molar-refractivity contribution >= 4 is 21.6 Å². The van der Waals surface area contributed by atoms with Gasteiger partial charge in [-0.3, -0.25) is 5.10 Å². The molecule has 7 heteroatoms. The van der Waals surface area contributed by atoms with Gasteiger partial charge < -0.3 is 0 Å². The standard InChI is InChI=1S/C8H14ClN3O2S/c1-4-12(3)15(13,14)8-6(2)10-11-7(8)5-9/h4-5H2,1-3H3,(H,10,11). The van der Waals surface area contributed by atoms with Gasteiger partial charge in [0.15, 0.2) is 0 Å². The Hall–Kier alpha value is -0.590. The van der Waals surface area contributed by atoms with Crippen LogP contribution in [-0.4, -0.2) is 36.5 Å². The molecule has 0 aliphatic carbocycles. The second-order valence-electron chi connectivity index (χ2n) is 3.18. The molecule has 86 valence electrons. The average molecular weight is 252 g/mol. The SMILES string of the molecule is CCN(C)S(=O)(=O)c1c(CCl)n[nH]c1C. The minimum atomic E-state index is -3.46. The van der Waals surface area contributed by atoms with Gasteiger partial charge in [-0.2, -0.15) is 5.10 Å². The summed E-state index contributed by atoms with van der Waals surface area (Å²) in [5.41, 5.74) is 0.889. The summed E-state index contributed by atoms with van der Waals surface area (Å²) in [6.45, 7) is 3.85. The van der Waals surface area contributed by atoms with E-state index in [0.29, 0.717) is 17.9 Å². The van der Waals surface area contributed by atoms with Crippen molar-refractivity contribution in [2.24, 2.45) is 0 Å². The highest BCUT2D eigenvalue weighted by Crippen LogP contribution is 2.22. The predicted octanol–water partition coefficient (Wildman–Crippen LogP) is 1.10. The zero-order chi connectivity index (χ0) is 11.6. The first-order valence-corrected chi connectivity index (χ1v) is 6.48. The lowest BCUT2D eigenvalue weighted by Gasteiger charge is -2.14. The molecule has 0 atom stereocenters. The van der Waals surface area contributed by atoms with Crippen molar-refractivity contribution < 1.29 is 8.42 Å². The van der Waals surface area contributed by atoms with Gasteiger partial charge >= 0.3 is 0 Å². The van der Waals surface area contributed by atoms with Gasteiger partial charge in [-0.25, -0.2) is 12.7 Å². The summed E-state index contributed by atoms with van der Waals surface area (Å²) in [6.07, 6.45) is 0. The van der Waals surface area contributed by atoms with Gasteiger partial charge in [0.2, 0.25) is 10.0 Å². The van der Waals surface area contributed by atoms with E-state index in [1.807, 2.05) is 0 Å². The van der Waals surface area contributed by atoms with Crippen LogP contribution in [0.5, 0.6) is 0 Å². The molecule has 0 fully saturated rings. The molecule has 0 unspecified atom stereocenters. The van der Waals surface area contributed by atoms with Crippen LogP contribution in [0.3, 0.4) is 0 Å². The Kier molecular flexibility index (Phi) is 3.75. The minimum Gasteiger partial charge on any atom is -0.281 e. The highest BCUT2D eigenvalue weighted by atomic mass is 35.5. The molecule has 0 amide bonds. The number of rotatable bonds is 4. The smallest absolute Gasteiger partial charge is 0.246 e. The molecule has 0 saturated heterocycles. The number of halogens is 1. The first-order valence-electron chi connectivity index (χ1n) is 4.51. The van der Waals surface area contributed by atoms with Gasteiger partial charge in [0, 0.05) is 13.6 Å². The van der Waals surface area contributed by atoms with E-state index < -0.39 is 10.0 Å². The highest BCUT2D eigenvalue weighted by molar-refractivity contribution is 7.89. The molecule has 1 aromatic heterocycles. The van der Waals surface area contributed by atoms with Gasteiger partial charge in [0.1, 0.15) is 4.90 Å². The zero-order valence-electron chi connectivity index (χ0n) is 8.91. The third-order valence-corrected chi connectivity index (χ3v) is 4.59. The van der Waals surface area contributed by atoms with Gasteiger partial charge in [-0.15, -0.1) is 11.6 Å². The predicted molar refractivity (Wildman–Crippen MR) is 58.4 cm³/mol. The monoisotopic (exact) mass is 251 g/mol. The van der Waals surface area contributed by atoms with Crippen molar-refractivity contribution in [3.8, 4) is 0 Å². The largest absolute Gasteiger partial charge is 0.281 e. The molecule has 1 N–H and O–H groups in total. The van der Waals surface area contributed by atoms with Crippen molar-refractivity contribution in [1.29, 1.82) is 0 Å². The Balaban J connectivity index is 3.32. The molecule has 15 heavy (non-hydrogen) atoms.